The van der Waals surface area contributed by atoms with Crippen LogP contribution in [0.25, 0.3) is 0 Å². The van der Waals surface area contributed by atoms with E-state index in [0.29, 0.717) is 12.5 Å². The Morgan fingerprint density at radius 2 is 1.93 bits per heavy atom. The van der Waals surface area contributed by atoms with Crippen LogP contribution in [0, 0.1) is 5.92 Å². The first-order valence-corrected chi connectivity index (χ1v) is 6.15. The van der Waals surface area contributed by atoms with E-state index in [1.54, 1.807) is 0 Å². The third-order valence-corrected chi connectivity index (χ3v) is 3.01. The van der Waals surface area contributed by atoms with E-state index in [9.17, 15) is 4.79 Å². The lowest BCUT2D eigenvalue weighted by Gasteiger charge is -2.19. The Kier molecular flexibility index (Phi) is 5.44. The largest absolute Gasteiger partial charge is 0.463 e. The summed E-state index contributed by atoms with van der Waals surface area (Å²) >= 11 is 0. The maximum atomic E-state index is 11.6. The van der Waals surface area contributed by atoms with Crippen molar-refractivity contribution in [3.8, 4) is 0 Å². The minimum Gasteiger partial charge on any atom is -0.463 e. The van der Waals surface area contributed by atoms with Gasteiger partial charge in [-0.3, -0.25) is 0 Å². The Balaban J connectivity index is 2.54. The lowest BCUT2D eigenvalue weighted by Crippen LogP contribution is -2.10. The molecule has 0 heterocycles. The number of hydrogen-bond donors (Lipinski definition) is 0. The second kappa shape index (κ2) is 6.65. The number of allylic oxidation sites excluding steroid dienone is 1. The first-order valence-electron chi connectivity index (χ1n) is 6.15. The molecule has 1 aliphatic carbocycles. The molecule has 86 valence electrons. The fourth-order valence-corrected chi connectivity index (χ4v) is 2.14. The molecule has 15 heavy (non-hydrogen) atoms. The van der Waals surface area contributed by atoms with Gasteiger partial charge in [-0.2, -0.15) is 0 Å². The van der Waals surface area contributed by atoms with Gasteiger partial charge < -0.3 is 4.74 Å². The normalized spacial score (nSPS) is 18.9. The van der Waals surface area contributed by atoms with E-state index >= 15 is 0 Å². The average molecular weight is 210 g/mol. The van der Waals surface area contributed by atoms with Crippen LogP contribution in [-0.4, -0.2) is 12.6 Å². The van der Waals surface area contributed by atoms with Crippen LogP contribution in [0.5, 0.6) is 0 Å². The molecule has 0 atom stereocenters. The van der Waals surface area contributed by atoms with E-state index in [1.807, 2.05) is 13.8 Å². The van der Waals surface area contributed by atoms with Crippen molar-refractivity contribution in [2.45, 2.75) is 52.4 Å². The predicted octanol–water partition coefficient (Wildman–Crippen LogP) is 3.47. The molecule has 0 saturated heterocycles. The third-order valence-electron chi connectivity index (χ3n) is 3.01. The Morgan fingerprint density at radius 1 is 1.27 bits per heavy atom. The van der Waals surface area contributed by atoms with Crippen LogP contribution in [-0.2, 0) is 9.53 Å². The van der Waals surface area contributed by atoms with Gasteiger partial charge in [0.2, 0.25) is 0 Å². The fourth-order valence-electron chi connectivity index (χ4n) is 2.14. The highest BCUT2D eigenvalue weighted by molar-refractivity contribution is 5.88. The minimum atomic E-state index is -0.120. The first kappa shape index (κ1) is 12.3. The topological polar surface area (TPSA) is 26.3 Å². The second-order valence-corrected chi connectivity index (χ2v) is 4.16. The Hall–Kier alpha value is -0.790. The summed E-state index contributed by atoms with van der Waals surface area (Å²) in [5.74, 6) is 0.490. The van der Waals surface area contributed by atoms with Gasteiger partial charge in [0.25, 0.3) is 0 Å². The van der Waals surface area contributed by atoms with Gasteiger partial charge in [0, 0.05) is 5.57 Å². The van der Waals surface area contributed by atoms with Crippen LogP contribution in [0.3, 0.4) is 0 Å². The molecule has 1 fully saturated rings. The van der Waals surface area contributed by atoms with E-state index in [2.05, 4.69) is 6.08 Å². The summed E-state index contributed by atoms with van der Waals surface area (Å²) < 4.78 is 5.03. The minimum absolute atomic E-state index is 0.120. The van der Waals surface area contributed by atoms with Crippen molar-refractivity contribution in [2.24, 2.45) is 5.92 Å². The number of hydrogen-bond acceptors (Lipinski definition) is 2. The van der Waals surface area contributed by atoms with E-state index < -0.39 is 0 Å². The van der Waals surface area contributed by atoms with Crippen LogP contribution < -0.4 is 0 Å². The Bertz CT molecular complexity index is 225. The zero-order valence-electron chi connectivity index (χ0n) is 9.92. The maximum Gasteiger partial charge on any atom is 0.333 e. The molecule has 0 unspecified atom stereocenters. The van der Waals surface area contributed by atoms with Gasteiger partial charge in [-0.15, -0.1) is 0 Å². The van der Waals surface area contributed by atoms with Gasteiger partial charge in [0.1, 0.15) is 0 Å². The van der Waals surface area contributed by atoms with Crippen molar-refractivity contribution < 1.29 is 9.53 Å². The van der Waals surface area contributed by atoms with Crippen LogP contribution in [0.2, 0.25) is 0 Å². The number of carbonyl (C=O) groups is 1. The monoisotopic (exact) mass is 210 g/mol. The van der Waals surface area contributed by atoms with Crippen LogP contribution >= 0.6 is 0 Å². The molecule has 0 aromatic heterocycles. The van der Waals surface area contributed by atoms with E-state index in [-0.39, 0.29) is 5.97 Å². The SMILES string of the molecule is CCOC(=O)C(=CC1CCCCC1)CC. The summed E-state index contributed by atoms with van der Waals surface area (Å²) in [6.07, 6.45) is 9.38. The number of carbonyl (C=O) groups excluding carboxylic acids is 1. The molecule has 1 saturated carbocycles. The highest BCUT2D eigenvalue weighted by Crippen LogP contribution is 2.26. The molecule has 2 heteroatoms. The molecule has 1 rings (SSSR count). The van der Waals surface area contributed by atoms with Gasteiger partial charge >= 0.3 is 5.97 Å². The Labute approximate surface area is 92.7 Å². The molecule has 0 radical (unpaired) electrons. The van der Waals surface area contributed by atoms with Gasteiger partial charge in [0.15, 0.2) is 0 Å². The molecule has 1 aliphatic rings. The van der Waals surface area contributed by atoms with E-state index in [0.717, 1.165) is 12.0 Å². The number of rotatable bonds is 4. The number of ether oxygens (including phenoxy) is 1. The van der Waals surface area contributed by atoms with Crippen LogP contribution in [0.1, 0.15) is 52.4 Å². The zero-order chi connectivity index (χ0) is 11.1. The molecule has 0 aliphatic heterocycles. The van der Waals surface area contributed by atoms with Gasteiger partial charge in [-0.1, -0.05) is 32.3 Å². The van der Waals surface area contributed by atoms with Gasteiger partial charge in [-0.25, -0.2) is 4.79 Å². The summed E-state index contributed by atoms with van der Waals surface area (Å²) in [4.78, 5) is 11.6. The summed E-state index contributed by atoms with van der Waals surface area (Å²) in [6, 6.07) is 0. The third kappa shape index (κ3) is 4.06. The van der Waals surface area contributed by atoms with E-state index in [4.69, 9.17) is 4.74 Å². The molecular weight excluding hydrogens is 188 g/mol. The molecule has 0 amide bonds. The molecule has 0 spiro atoms. The lowest BCUT2D eigenvalue weighted by molar-refractivity contribution is -0.138. The van der Waals surface area contributed by atoms with Gasteiger partial charge in [-0.05, 0) is 32.1 Å². The highest BCUT2D eigenvalue weighted by Gasteiger charge is 2.15. The van der Waals surface area contributed by atoms with Crippen molar-refractivity contribution in [3.05, 3.63) is 11.6 Å². The van der Waals surface area contributed by atoms with Crippen molar-refractivity contribution in [1.29, 1.82) is 0 Å². The standard InChI is InChI=1S/C13H22O2/c1-3-12(13(14)15-4-2)10-11-8-6-5-7-9-11/h10-11H,3-9H2,1-2H3. The molecule has 2 nitrogen and oxygen atoms in total. The average Bonchev–Trinajstić information content (AvgIpc) is 2.27. The summed E-state index contributed by atoms with van der Waals surface area (Å²) in [5.41, 5.74) is 0.865. The fraction of sp³-hybridized carbons (Fsp3) is 0.769. The number of esters is 1. The second-order valence-electron chi connectivity index (χ2n) is 4.16. The molecule has 0 aromatic rings. The highest BCUT2D eigenvalue weighted by atomic mass is 16.5. The summed E-state index contributed by atoms with van der Waals surface area (Å²) in [7, 11) is 0. The van der Waals surface area contributed by atoms with E-state index in [1.165, 1.54) is 32.1 Å². The smallest absolute Gasteiger partial charge is 0.333 e. The molecule has 0 aromatic carbocycles. The van der Waals surface area contributed by atoms with Crippen molar-refractivity contribution >= 4 is 5.97 Å². The lowest BCUT2D eigenvalue weighted by atomic mass is 9.87. The predicted molar refractivity (Wildman–Crippen MR) is 61.6 cm³/mol. The van der Waals surface area contributed by atoms with Crippen molar-refractivity contribution in [3.63, 3.8) is 0 Å². The quantitative estimate of drug-likeness (QED) is 0.524. The molecule has 0 N–H and O–H groups in total. The van der Waals surface area contributed by atoms with Crippen molar-refractivity contribution in [1.82, 2.24) is 0 Å². The van der Waals surface area contributed by atoms with Gasteiger partial charge in [0.05, 0.1) is 6.61 Å². The Morgan fingerprint density at radius 3 is 2.47 bits per heavy atom. The first-order chi connectivity index (χ1) is 7.27. The summed E-state index contributed by atoms with van der Waals surface area (Å²) in [6.45, 7) is 4.35. The maximum absolute atomic E-state index is 11.6. The summed E-state index contributed by atoms with van der Waals surface area (Å²) in [5, 5.41) is 0. The van der Waals surface area contributed by atoms with Crippen LogP contribution in [0.4, 0.5) is 0 Å². The van der Waals surface area contributed by atoms with Crippen molar-refractivity contribution in [2.75, 3.05) is 6.61 Å². The molecule has 0 bridgehead atoms. The van der Waals surface area contributed by atoms with Crippen LogP contribution in [0.15, 0.2) is 11.6 Å². The zero-order valence-corrected chi connectivity index (χ0v) is 9.92. The molecular formula is C13H22O2.